The van der Waals surface area contributed by atoms with Crippen LogP contribution in [0.3, 0.4) is 0 Å². The molecule has 1 aromatic heterocycles. The van der Waals surface area contributed by atoms with E-state index in [2.05, 4.69) is 9.71 Å². The van der Waals surface area contributed by atoms with Crippen LogP contribution in [0.5, 0.6) is 5.75 Å². The molecule has 0 spiro atoms. The fourth-order valence-corrected chi connectivity index (χ4v) is 5.48. The van der Waals surface area contributed by atoms with Crippen LogP contribution in [0.4, 0.5) is 5.69 Å². The van der Waals surface area contributed by atoms with Crippen LogP contribution >= 0.6 is 11.8 Å². The average molecular weight is 492 g/mol. The number of thioether (sulfide) groups is 1. The Morgan fingerprint density at radius 1 is 1.21 bits per heavy atom. The Kier molecular flexibility index (Phi) is 6.82. The highest BCUT2D eigenvalue weighted by Gasteiger charge is 2.26. The number of fused-ring (bicyclic) bond motifs is 1. The highest BCUT2D eigenvalue weighted by atomic mass is 32.2. The molecular weight excluding hydrogens is 466 g/mol. The number of aromatic nitrogens is 1. The number of hydrogen-bond acceptors (Lipinski definition) is 8. The van der Waals surface area contributed by atoms with Crippen molar-refractivity contribution in [3.63, 3.8) is 0 Å². The van der Waals surface area contributed by atoms with E-state index in [0.717, 1.165) is 0 Å². The van der Waals surface area contributed by atoms with Crippen LogP contribution in [0.1, 0.15) is 13.8 Å². The molecule has 1 aliphatic heterocycles. The minimum absolute atomic E-state index is 0.00291. The normalized spacial score (nSPS) is 18.9. The van der Waals surface area contributed by atoms with Crippen molar-refractivity contribution in [3.8, 4) is 5.75 Å². The van der Waals surface area contributed by atoms with E-state index in [4.69, 9.17) is 13.9 Å². The smallest absolute Gasteiger partial charge is 0.262 e. The van der Waals surface area contributed by atoms with Gasteiger partial charge in [-0.15, -0.1) is 0 Å². The predicted molar refractivity (Wildman–Crippen MR) is 125 cm³/mol. The molecule has 2 aromatic carbocycles. The number of sulfonamides is 1. The summed E-state index contributed by atoms with van der Waals surface area (Å²) in [7, 11) is -2.40. The summed E-state index contributed by atoms with van der Waals surface area (Å²) >= 11 is 1.18. The van der Waals surface area contributed by atoms with E-state index < -0.39 is 10.0 Å². The summed E-state index contributed by atoms with van der Waals surface area (Å²) in [5.74, 6) is 0.566. The van der Waals surface area contributed by atoms with Gasteiger partial charge in [-0.2, -0.15) is 0 Å². The van der Waals surface area contributed by atoms with Crippen LogP contribution in [0.15, 0.2) is 57.0 Å². The molecule has 0 bridgehead atoms. The maximum absolute atomic E-state index is 12.9. The van der Waals surface area contributed by atoms with Crippen molar-refractivity contribution in [2.24, 2.45) is 0 Å². The zero-order valence-electron chi connectivity index (χ0n) is 18.5. The maximum Gasteiger partial charge on any atom is 0.262 e. The Bertz CT molecular complexity index is 1250. The van der Waals surface area contributed by atoms with Gasteiger partial charge in [-0.3, -0.25) is 9.52 Å². The van der Waals surface area contributed by atoms with E-state index in [1.54, 1.807) is 35.2 Å². The monoisotopic (exact) mass is 491 g/mol. The van der Waals surface area contributed by atoms with Crippen molar-refractivity contribution in [1.82, 2.24) is 9.88 Å². The van der Waals surface area contributed by atoms with Gasteiger partial charge in [0.05, 0.1) is 35.7 Å². The van der Waals surface area contributed by atoms with Gasteiger partial charge in [0.1, 0.15) is 11.3 Å². The zero-order chi connectivity index (χ0) is 23.6. The lowest BCUT2D eigenvalue weighted by atomic mass is 10.2. The number of morpholine rings is 1. The number of hydrogen-bond donors (Lipinski definition) is 1. The molecule has 9 nitrogen and oxygen atoms in total. The molecule has 3 aromatic rings. The van der Waals surface area contributed by atoms with Crippen LogP contribution in [0.2, 0.25) is 0 Å². The fourth-order valence-electron chi connectivity index (χ4n) is 3.64. The second-order valence-corrected chi connectivity index (χ2v) is 10.4. The van der Waals surface area contributed by atoms with Crippen molar-refractivity contribution in [3.05, 3.63) is 42.5 Å². The Morgan fingerprint density at radius 2 is 1.94 bits per heavy atom. The average Bonchev–Trinajstić information content (AvgIpc) is 3.19. The van der Waals surface area contributed by atoms with Gasteiger partial charge in [0.25, 0.3) is 15.2 Å². The highest BCUT2D eigenvalue weighted by molar-refractivity contribution is 7.99. The third kappa shape index (κ3) is 5.43. The van der Waals surface area contributed by atoms with Gasteiger partial charge in [-0.1, -0.05) is 23.9 Å². The molecule has 0 aliphatic carbocycles. The molecule has 2 atom stereocenters. The number of rotatable bonds is 7. The molecule has 0 saturated carbocycles. The minimum atomic E-state index is -3.87. The number of benzene rings is 2. The standard InChI is InChI=1S/C22H25N3O6S2/c1-14-11-25(12-15(2)30-14)21(26)13-32-22-23-18-10-16(8-9-20(18)31-22)33(27,28)24-17-6-4-5-7-19(17)29-3/h4-10,14-15,24H,11-13H2,1-3H3/t14-,15-/m1/s1. The summed E-state index contributed by atoms with van der Waals surface area (Å²) in [5, 5.41) is 0.306. The molecule has 11 heteroatoms. The largest absolute Gasteiger partial charge is 0.495 e. The second-order valence-electron chi connectivity index (χ2n) is 7.76. The van der Waals surface area contributed by atoms with Gasteiger partial charge in [-0.25, -0.2) is 13.4 Å². The Morgan fingerprint density at radius 3 is 2.67 bits per heavy atom. The minimum Gasteiger partial charge on any atom is -0.495 e. The van der Waals surface area contributed by atoms with Gasteiger partial charge in [0.2, 0.25) is 5.91 Å². The molecule has 1 N–H and O–H groups in total. The lowest BCUT2D eigenvalue weighted by Crippen LogP contribution is -2.48. The maximum atomic E-state index is 12.9. The molecule has 2 heterocycles. The first-order valence-electron chi connectivity index (χ1n) is 10.4. The zero-order valence-corrected chi connectivity index (χ0v) is 20.1. The van der Waals surface area contributed by atoms with Crippen molar-refractivity contribution in [2.75, 3.05) is 30.7 Å². The lowest BCUT2D eigenvalue weighted by molar-refractivity contribution is -0.140. The van der Waals surface area contributed by atoms with Crippen molar-refractivity contribution in [2.45, 2.75) is 36.2 Å². The first-order valence-corrected chi connectivity index (χ1v) is 12.8. The number of para-hydroxylation sites is 2. The summed E-state index contributed by atoms with van der Waals surface area (Å²) in [4.78, 5) is 18.8. The molecule has 1 saturated heterocycles. The van der Waals surface area contributed by atoms with Crippen LogP contribution in [0, 0.1) is 0 Å². The molecule has 1 amide bonds. The molecular formula is C22H25N3O6S2. The Labute approximate surface area is 196 Å². The fraction of sp³-hybridized carbons (Fsp3) is 0.364. The molecule has 1 fully saturated rings. The van der Waals surface area contributed by atoms with Crippen LogP contribution in [-0.4, -0.2) is 62.4 Å². The topological polar surface area (TPSA) is 111 Å². The lowest BCUT2D eigenvalue weighted by Gasteiger charge is -2.35. The highest BCUT2D eigenvalue weighted by Crippen LogP contribution is 2.29. The van der Waals surface area contributed by atoms with Gasteiger partial charge >= 0.3 is 0 Å². The SMILES string of the molecule is COc1ccccc1NS(=O)(=O)c1ccc2oc(SCC(=O)N3C[C@@H](C)O[C@H](C)C3)nc2c1. The molecule has 33 heavy (non-hydrogen) atoms. The van der Waals surface area contributed by atoms with E-state index in [1.165, 1.54) is 31.0 Å². The quantitative estimate of drug-likeness (QED) is 0.501. The van der Waals surface area contributed by atoms with Crippen LogP contribution in [-0.2, 0) is 19.6 Å². The van der Waals surface area contributed by atoms with E-state index in [0.29, 0.717) is 40.8 Å². The number of oxazole rings is 1. The summed E-state index contributed by atoms with van der Waals surface area (Å²) < 4.78 is 44.8. The van der Waals surface area contributed by atoms with Gasteiger partial charge in [-0.05, 0) is 44.2 Å². The third-order valence-electron chi connectivity index (χ3n) is 5.09. The number of methoxy groups -OCH3 is 1. The Balaban J connectivity index is 1.46. The van der Waals surface area contributed by atoms with Crippen LogP contribution in [0.25, 0.3) is 11.1 Å². The predicted octanol–water partition coefficient (Wildman–Crippen LogP) is 3.37. The molecule has 0 unspecified atom stereocenters. The van der Waals surface area contributed by atoms with E-state index in [9.17, 15) is 13.2 Å². The van der Waals surface area contributed by atoms with Gasteiger partial charge in [0, 0.05) is 13.1 Å². The molecule has 176 valence electrons. The van der Waals surface area contributed by atoms with Crippen LogP contribution < -0.4 is 9.46 Å². The van der Waals surface area contributed by atoms with Crippen molar-refractivity contribution >= 4 is 44.5 Å². The van der Waals surface area contributed by atoms with E-state index >= 15 is 0 Å². The van der Waals surface area contributed by atoms with Crippen molar-refractivity contribution in [1.29, 1.82) is 0 Å². The number of ether oxygens (including phenoxy) is 2. The number of carbonyl (C=O) groups is 1. The molecule has 1 aliphatic rings. The summed E-state index contributed by atoms with van der Waals surface area (Å²) in [5.41, 5.74) is 1.16. The summed E-state index contributed by atoms with van der Waals surface area (Å²) in [6.07, 6.45) is -0.00582. The summed E-state index contributed by atoms with van der Waals surface area (Å²) in [6, 6.07) is 11.2. The van der Waals surface area contributed by atoms with Crippen molar-refractivity contribution < 1.29 is 27.1 Å². The second kappa shape index (κ2) is 9.62. The number of nitrogens with one attached hydrogen (secondary N) is 1. The van der Waals surface area contributed by atoms with Gasteiger partial charge in [0.15, 0.2) is 5.58 Å². The summed E-state index contributed by atoms with van der Waals surface area (Å²) in [6.45, 7) is 4.99. The Hall–Kier alpha value is -2.76. The first-order chi connectivity index (χ1) is 15.7. The van der Waals surface area contributed by atoms with E-state index in [1.807, 2.05) is 13.8 Å². The molecule has 4 rings (SSSR count). The van der Waals surface area contributed by atoms with Gasteiger partial charge < -0.3 is 18.8 Å². The third-order valence-corrected chi connectivity index (χ3v) is 7.27. The number of carbonyl (C=O) groups excluding carboxylic acids is 1. The molecule has 0 radical (unpaired) electrons. The number of anilines is 1. The number of nitrogens with zero attached hydrogens (tertiary/aromatic N) is 2. The first kappa shape index (κ1) is 23.4. The number of amides is 1. The van der Waals surface area contributed by atoms with E-state index in [-0.39, 0.29) is 28.8 Å².